The molecule has 0 aromatic carbocycles. The molecular formula is C13H27N3. The van der Waals surface area contributed by atoms with Gasteiger partial charge in [0.1, 0.15) is 0 Å². The van der Waals surface area contributed by atoms with Gasteiger partial charge in [-0.15, -0.1) is 0 Å². The smallest absolute Gasteiger partial charge is 0.0224 e. The quantitative estimate of drug-likeness (QED) is 0.777. The Morgan fingerprint density at radius 1 is 1.12 bits per heavy atom. The second-order valence-electron chi connectivity index (χ2n) is 5.45. The van der Waals surface area contributed by atoms with E-state index in [-0.39, 0.29) is 0 Å². The topological polar surface area (TPSA) is 18.5 Å². The van der Waals surface area contributed by atoms with Crippen LogP contribution in [0.25, 0.3) is 0 Å². The standard InChI is InChI=1S/C13H27N3/c1-3-14-12-6-4-9-16(10-12)13-7-5-8-15(2)11-13/h12-14H,3-11H2,1-2H3. The maximum absolute atomic E-state index is 3.61. The SMILES string of the molecule is CCNC1CCCN(C2CCCN(C)C2)C1. The molecule has 0 amide bonds. The van der Waals surface area contributed by atoms with Crippen LogP contribution in [0.3, 0.4) is 0 Å². The fourth-order valence-electron chi connectivity index (χ4n) is 3.23. The predicted octanol–water partition coefficient (Wildman–Crippen LogP) is 1.15. The van der Waals surface area contributed by atoms with Gasteiger partial charge in [0.15, 0.2) is 0 Å². The van der Waals surface area contributed by atoms with Crippen molar-refractivity contribution < 1.29 is 0 Å². The lowest BCUT2D eigenvalue weighted by atomic mass is 9.99. The highest BCUT2D eigenvalue weighted by atomic mass is 15.2. The van der Waals surface area contributed by atoms with Crippen LogP contribution in [0, 0.1) is 0 Å². The largest absolute Gasteiger partial charge is 0.313 e. The molecule has 2 heterocycles. The summed E-state index contributed by atoms with van der Waals surface area (Å²) < 4.78 is 0. The number of piperidine rings is 2. The van der Waals surface area contributed by atoms with E-state index < -0.39 is 0 Å². The third-order valence-corrected chi connectivity index (χ3v) is 4.06. The van der Waals surface area contributed by atoms with Crippen LogP contribution in [0.15, 0.2) is 0 Å². The van der Waals surface area contributed by atoms with Crippen LogP contribution in [0.2, 0.25) is 0 Å². The molecule has 0 bridgehead atoms. The first-order valence-electron chi connectivity index (χ1n) is 6.95. The highest BCUT2D eigenvalue weighted by Crippen LogP contribution is 2.19. The molecule has 16 heavy (non-hydrogen) atoms. The molecule has 2 atom stereocenters. The Morgan fingerprint density at radius 3 is 2.69 bits per heavy atom. The van der Waals surface area contributed by atoms with Crippen molar-refractivity contribution in [2.75, 3.05) is 39.8 Å². The molecule has 2 unspecified atom stereocenters. The van der Waals surface area contributed by atoms with Crippen molar-refractivity contribution in [3.63, 3.8) is 0 Å². The van der Waals surface area contributed by atoms with Crippen molar-refractivity contribution in [1.82, 2.24) is 15.1 Å². The molecule has 2 saturated heterocycles. The van der Waals surface area contributed by atoms with Gasteiger partial charge in [-0.05, 0) is 52.4 Å². The van der Waals surface area contributed by atoms with Crippen molar-refractivity contribution in [3.05, 3.63) is 0 Å². The molecule has 2 aliphatic heterocycles. The molecular weight excluding hydrogens is 198 g/mol. The lowest BCUT2D eigenvalue weighted by molar-refractivity contribution is 0.0815. The van der Waals surface area contributed by atoms with Gasteiger partial charge in [0.2, 0.25) is 0 Å². The zero-order chi connectivity index (χ0) is 11.4. The van der Waals surface area contributed by atoms with Crippen molar-refractivity contribution >= 4 is 0 Å². The number of rotatable bonds is 3. The lowest BCUT2D eigenvalue weighted by Gasteiger charge is -2.42. The average molecular weight is 225 g/mol. The minimum Gasteiger partial charge on any atom is -0.313 e. The molecule has 0 radical (unpaired) electrons. The molecule has 0 saturated carbocycles. The summed E-state index contributed by atoms with van der Waals surface area (Å²) in [6.45, 7) is 8.49. The van der Waals surface area contributed by atoms with Gasteiger partial charge < -0.3 is 10.2 Å². The molecule has 94 valence electrons. The van der Waals surface area contributed by atoms with Gasteiger partial charge in [0.25, 0.3) is 0 Å². The molecule has 0 spiro atoms. The molecule has 3 heteroatoms. The summed E-state index contributed by atoms with van der Waals surface area (Å²) in [5.41, 5.74) is 0. The van der Waals surface area contributed by atoms with Crippen molar-refractivity contribution in [2.24, 2.45) is 0 Å². The Hall–Kier alpha value is -0.120. The Labute approximate surface area is 100 Å². The van der Waals surface area contributed by atoms with Gasteiger partial charge in [-0.2, -0.15) is 0 Å². The summed E-state index contributed by atoms with van der Waals surface area (Å²) in [6, 6.07) is 1.56. The van der Waals surface area contributed by atoms with Crippen LogP contribution in [-0.4, -0.2) is 61.7 Å². The number of hydrogen-bond donors (Lipinski definition) is 1. The van der Waals surface area contributed by atoms with Crippen molar-refractivity contribution in [2.45, 2.75) is 44.7 Å². The summed E-state index contributed by atoms with van der Waals surface area (Å²) in [6.07, 6.45) is 5.53. The van der Waals surface area contributed by atoms with E-state index in [0.29, 0.717) is 0 Å². The summed E-state index contributed by atoms with van der Waals surface area (Å²) in [5, 5.41) is 3.61. The van der Waals surface area contributed by atoms with E-state index in [0.717, 1.165) is 18.6 Å². The molecule has 2 aliphatic rings. The van der Waals surface area contributed by atoms with E-state index >= 15 is 0 Å². The highest BCUT2D eigenvalue weighted by molar-refractivity contribution is 4.85. The van der Waals surface area contributed by atoms with Gasteiger partial charge in [0.05, 0.1) is 0 Å². The number of hydrogen-bond acceptors (Lipinski definition) is 3. The molecule has 0 aromatic rings. The second-order valence-corrected chi connectivity index (χ2v) is 5.45. The molecule has 0 aromatic heterocycles. The van der Waals surface area contributed by atoms with Crippen LogP contribution in [0.4, 0.5) is 0 Å². The molecule has 3 nitrogen and oxygen atoms in total. The van der Waals surface area contributed by atoms with Crippen LogP contribution < -0.4 is 5.32 Å². The van der Waals surface area contributed by atoms with Crippen LogP contribution >= 0.6 is 0 Å². The zero-order valence-corrected chi connectivity index (χ0v) is 10.9. The summed E-state index contributed by atoms with van der Waals surface area (Å²) in [4.78, 5) is 5.22. The maximum atomic E-state index is 3.61. The number of nitrogens with zero attached hydrogens (tertiary/aromatic N) is 2. The monoisotopic (exact) mass is 225 g/mol. The van der Waals surface area contributed by atoms with Crippen LogP contribution in [0.5, 0.6) is 0 Å². The lowest BCUT2D eigenvalue weighted by Crippen LogP contribution is -2.53. The second kappa shape index (κ2) is 5.99. The van der Waals surface area contributed by atoms with Gasteiger partial charge in [-0.1, -0.05) is 6.92 Å². The minimum absolute atomic E-state index is 0.742. The van der Waals surface area contributed by atoms with E-state index in [2.05, 4.69) is 29.1 Å². The average Bonchev–Trinajstić information content (AvgIpc) is 2.30. The first-order valence-corrected chi connectivity index (χ1v) is 6.95. The Morgan fingerprint density at radius 2 is 1.94 bits per heavy atom. The summed E-state index contributed by atoms with van der Waals surface area (Å²) >= 11 is 0. The molecule has 2 rings (SSSR count). The number of nitrogens with one attached hydrogen (secondary N) is 1. The van der Waals surface area contributed by atoms with Gasteiger partial charge in [0, 0.05) is 25.2 Å². The normalized spacial score (nSPS) is 34.1. The minimum atomic E-state index is 0.742. The number of likely N-dealkylation sites (N-methyl/N-ethyl adjacent to an activating group) is 2. The van der Waals surface area contributed by atoms with E-state index in [1.807, 2.05) is 0 Å². The third-order valence-electron chi connectivity index (χ3n) is 4.06. The fourth-order valence-corrected chi connectivity index (χ4v) is 3.23. The van der Waals surface area contributed by atoms with Crippen molar-refractivity contribution in [3.8, 4) is 0 Å². The third kappa shape index (κ3) is 3.19. The number of likely N-dealkylation sites (tertiary alicyclic amines) is 2. The Bertz CT molecular complexity index is 205. The first-order chi connectivity index (χ1) is 7.79. The predicted molar refractivity (Wildman–Crippen MR) is 68.8 cm³/mol. The van der Waals surface area contributed by atoms with Gasteiger partial charge >= 0.3 is 0 Å². The first kappa shape index (κ1) is 12.3. The summed E-state index contributed by atoms with van der Waals surface area (Å²) in [5.74, 6) is 0. The van der Waals surface area contributed by atoms with Crippen molar-refractivity contribution in [1.29, 1.82) is 0 Å². The van der Waals surface area contributed by atoms with E-state index in [1.165, 1.54) is 51.9 Å². The maximum Gasteiger partial charge on any atom is 0.0224 e. The Balaban J connectivity index is 1.83. The van der Waals surface area contributed by atoms with Gasteiger partial charge in [-0.25, -0.2) is 0 Å². The van der Waals surface area contributed by atoms with Gasteiger partial charge in [-0.3, -0.25) is 4.90 Å². The zero-order valence-electron chi connectivity index (χ0n) is 10.9. The van der Waals surface area contributed by atoms with E-state index in [1.54, 1.807) is 0 Å². The summed E-state index contributed by atoms with van der Waals surface area (Å²) in [7, 11) is 2.26. The highest BCUT2D eigenvalue weighted by Gasteiger charge is 2.27. The van der Waals surface area contributed by atoms with Crippen LogP contribution in [-0.2, 0) is 0 Å². The van der Waals surface area contributed by atoms with Crippen LogP contribution in [0.1, 0.15) is 32.6 Å². The molecule has 2 fully saturated rings. The molecule has 1 N–H and O–H groups in total. The Kier molecular flexibility index (Phi) is 4.62. The fraction of sp³-hybridized carbons (Fsp3) is 1.00. The molecule has 0 aliphatic carbocycles. The van der Waals surface area contributed by atoms with E-state index in [9.17, 15) is 0 Å². The van der Waals surface area contributed by atoms with E-state index in [4.69, 9.17) is 0 Å².